The van der Waals surface area contributed by atoms with Gasteiger partial charge in [0.05, 0.1) is 0 Å². The van der Waals surface area contributed by atoms with Crippen molar-refractivity contribution < 1.29 is 9.59 Å². The summed E-state index contributed by atoms with van der Waals surface area (Å²) < 4.78 is 0. The number of benzene rings is 3. The minimum Gasteiger partial charge on any atom is -0.352 e. The molecular weight excluding hydrogens is 348 g/mol. The molecule has 3 rings (SSSR count). The van der Waals surface area contributed by atoms with E-state index < -0.39 is 0 Å². The molecule has 0 aliphatic rings. The molecule has 0 aliphatic carbocycles. The summed E-state index contributed by atoms with van der Waals surface area (Å²) in [5.74, 6) is -0.0897. The van der Waals surface area contributed by atoms with Gasteiger partial charge in [0.1, 0.15) is 0 Å². The van der Waals surface area contributed by atoms with Crippen LogP contribution in [-0.2, 0) is 11.3 Å². The first-order valence-electron chi connectivity index (χ1n) is 9.76. The van der Waals surface area contributed by atoms with Gasteiger partial charge in [0, 0.05) is 31.6 Å². The summed E-state index contributed by atoms with van der Waals surface area (Å²) in [5.41, 5.74) is 1.73. The lowest BCUT2D eigenvalue weighted by atomic mass is 10.1. The predicted molar refractivity (Wildman–Crippen MR) is 113 cm³/mol. The molecule has 1 N–H and O–H groups in total. The lowest BCUT2D eigenvalue weighted by Gasteiger charge is -2.22. The fourth-order valence-corrected chi connectivity index (χ4v) is 3.24. The van der Waals surface area contributed by atoms with E-state index in [-0.39, 0.29) is 11.8 Å². The Morgan fingerprint density at radius 3 is 2.36 bits per heavy atom. The van der Waals surface area contributed by atoms with Crippen LogP contribution in [-0.4, -0.2) is 29.8 Å². The van der Waals surface area contributed by atoms with E-state index in [1.165, 1.54) is 0 Å². The second-order valence-electron chi connectivity index (χ2n) is 6.87. The Morgan fingerprint density at radius 2 is 1.61 bits per heavy atom. The van der Waals surface area contributed by atoms with Gasteiger partial charge in [0.2, 0.25) is 5.91 Å². The van der Waals surface area contributed by atoms with E-state index in [0.29, 0.717) is 31.6 Å². The van der Waals surface area contributed by atoms with Crippen molar-refractivity contribution in [2.75, 3.05) is 13.1 Å². The summed E-state index contributed by atoms with van der Waals surface area (Å²) >= 11 is 0. The Labute approximate surface area is 166 Å². The molecule has 0 heterocycles. The molecule has 0 spiro atoms. The first-order valence-corrected chi connectivity index (χ1v) is 9.76. The number of nitrogens with one attached hydrogen (secondary N) is 1. The normalized spacial score (nSPS) is 10.6. The van der Waals surface area contributed by atoms with E-state index in [4.69, 9.17) is 0 Å². The maximum atomic E-state index is 12.6. The standard InChI is InChI=1S/C24H26N2O2/c1-2-16-26(18-19-8-4-3-5-9-19)23(27)14-15-25-24(28)22-13-12-20-10-6-7-11-21(20)17-22/h3-13,17H,2,14-16,18H2,1H3,(H,25,28). The molecule has 0 fully saturated rings. The average molecular weight is 374 g/mol. The van der Waals surface area contributed by atoms with Gasteiger partial charge in [-0.2, -0.15) is 0 Å². The molecule has 0 atom stereocenters. The van der Waals surface area contributed by atoms with Gasteiger partial charge < -0.3 is 10.2 Å². The maximum absolute atomic E-state index is 12.6. The molecule has 0 radical (unpaired) electrons. The van der Waals surface area contributed by atoms with E-state index >= 15 is 0 Å². The Bertz CT molecular complexity index is 938. The number of carbonyl (C=O) groups is 2. The van der Waals surface area contributed by atoms with Crippen molar-refractivity contribution in [3.05, 3.63) is 83.9 Å². The monoisotopic (exact) mass is 374 g/mol. The maximum Gasteiger partial charge on any atom is 0.251 e. The number of hydrogen-bond acceptors (Lipinski definition) is 2. The summed E-state index contributed by atoms with van der Waals surface area (Å²) in [6.07, 6.45) is 1.20. The molecule has 2 amide bonds. The summed E-state index contributed by atoms with van der Waals surface area (Å²) in [7, 11) is 0. The smallest absolute Gasteiger partial charge is 0.251 e. The van der Waals surface area contributed by atoms with Crippen LogP contribution in [0.3, 0.4) is 0 Å². The molecule has 4 nitrogen and oxygen atoms in total. The number of carbonyl (C=O) groups excluding carboxylic acids is 2. The molecule has 0 bridgehead atoms. The summed E-state index contributed by atoms with van der Waals surface area (Å²) in [5, 5.41) is 5.00. The van der Waals surface area contributed by atoms with Gasteiger partial charge in [-0.25, -0.2) is 0 Å². The Kier molecular flexibility index (Phi) is 6.79. The molecule has 3 aromatic carbocycles. The molecule has 4 heteroatoms. The third-order valence-corrected chi connectivity index (χ3v) is 4.70. The minimum atomic E-state index is -0.149. The summed E-state index contributed by atoms with van der Waals surface area (Å²) in [6, 6.07) is 23.6. The quantitative estimate of drug-likeness (QED) is 0.635. The van der Waals surface area contributed by atoms with Gasteiger partial charge in [0.25, 0.3) is 5.91 Å². The van der Waals surface area contributed by atoms with Gasteiger partial charge in [-0.1, -0.05) is 67.6 Å². The van der Waals surface area contributed by atoms with Crippen molar-refractivity contribution in [2.45, 2.75) is 26.3 Å². The highest BCUT2D eigenvalue weighted by Gasteiger charge is 2.14. The highest BCUT2D eigenvalue weighted by Crippen LogP contribution is 2.15. The van der Waals surface area contributed by atoms with E-state index in [0.717, 1.165) is 22.8 Å². The Hall–Kier alpha value is -3.14. The van der Waals surface area contributed by atoms with Gasteiger partial charge in [-0.3, -0.25) is 9.59 Å². The number of fused-ring (bicyclic) bond motifs is 1. The van der Waals surface area contributed by atoms with Crippen LogP contribution in [0.15, 0.2) is 72.8 Å². The van der Waals surface area contributed by atoms with Crippen molar-refractivity contribution in [1.29, 1.82) is 0 Å². The summed E-state index contributed by atoms with van der Waals surface area (Å²) in [4.78, 5) is 26.9. The van der Waals surface area contributed by atoms with Crippen LogP contribution in [0.4, 0.5) is 0 Å². The first kappa shape index (κ1) is 19.6. The molecule has 28 heavy (non-hydrogen) atoms. The zero-order valence-corrected chi connectivity index (χ0v) is 16.2. The topological polar surface area (TPSA) is 49.4 Å². The molecular formula is C24H26N2O2. The van der Waals surface area contributed by atoms with Gasteiger partial charge in [-0.15, -0.1) is 0 Å². The van der Waals surface area contributed by atoms with Gasteiger partial charge in [0.15, 0.2) is 0 Å². The van der Waals surface area contributed by atoms with Crippen molar-refractivity contribution in [3.8, 4) is 0 Å². The first-order chi connectivity index (χ1) is 13.7. The van der Waals surface area contributed by atoms with Crippen molar-refractivity contribution in [3.63, 3.8) is 0 Å². The molecule has 0 saturated heterocycles. The number of hydrogen-bond donors (Lipinski definition) is 1. The van der Waals surface area contributed by atoms with Crippen LogP contribution < -0.4 is 5.32 Å². The Morgan fingerprint density at radius 1 is 0.893 bits per heavy atom. The average Bonchev–Trinajstić information content (AvgIpc) is 2.73. The predicted octanol–water partition coefficient (Wildman–Crippen LogP) is 4.40. The van der Waals surface area contributed by atoms with E-state index in [9.17, 15) is 9.59 Å². The highest BCUT2D eigenvalue weighted by molar-refractivity contribution is 5.98. The fraction of sp³-hybridized carbons (Fsp3) is 0.250. The second-order valence-corrected chi connectivity index (χ2v) is 6.87. The largest absolute Gasteiger partial charge is 0.352 e. The van der Waals surface area contributed by atoms with E-state index in [1.807, 2.05) is 77.7 Å². The number of rotatable bonds is 8. The van der Waals surface area contributed by atoms with Crippen LogP contribution in [0.5, 0.6) is 0 Å². The third kappa shape index (κ3) is 5.19. The van der Waals surface area contributed by atoms with Crippen LogP contribution in [0.1, 0.15) is 35.7 Å². The number of nitrogens with zero attached hydrogens (tertiary/aromatic N) is 1. The molecule has 144 valence electrons. The molecule has 3 aromatic rings. The van der Waals surface area contributed by atoms with Gasteiger partial charge in [-0.05, 0) is 34.9 Å². The lowest BCUT2D eigenvalue weighted by molar-refractivity contribution is -0.131. The van der Waals surface area contributed by atoms with Crippen LogP contribution in [0.2, 0.25) is 0 Å². The Balaban J connectivity index is 1.54. The minimum absolute atomic E-state index is 0.0597. The second kappa shape index (κ2) is 9.70. The molecule has 0 aliphatic heterocycles. The molecule has 0 unspecified atom stereocenters. The van der Waals surface area contributed by atoms with Crippen LogP contribution in [0, 0.1) is 0 Å². The highest BCUT2D eigenvalue weighted by atomic mass is 16.2. The van der Waals surface area contributed by atoms with Crippen LogP contribution >= 0.6 is 0 Å². The van der Waals surface area contributed by atoms with E-state index in [1.54, 1.807) is 0 Å². The van der Waals surface area contributed by atoms with Crippen molar-refractivity contribution in [1.82, 2.24) is 10.2 Å². The van der Waals surface area contributed by atoms with E-state index in [2.05, 4.69) is 12.2 Å². The fourth-order valence-electron chi connectivity index (χ4n) is 3.24. The van der Waals surface area contributed by atoms with Crippen molar-refractivity contribution in [2.24, 2.45) is 0 Å². The third-order valence-electron chi connectivity index (χ3n) is 4.70. The summed E-state index contributed by atoms with van der Waals surface area (Å²) in [6.45, 7) is 3.71. The lowest BCUT2D eigenvalue weighted by Crippen LogP contribution is -2.34. The number of amides is 2. The van der Waals surface area contributed by atoms with Crippen LogP contribution in [0.25, 0.3) is 10.8 Å². The SMILES string of the molecule is CCCN(Cc1ccccc1)C(=O)CCNC(=O)c1ccc2ccccc2c1. The molecule has 0 aromatic heterocycles. The van der Waals surface area contributed by atoms with Gasteiger partial charge >= 0.3 is 0 Å². The van der Waals surface area contributed by atoms with Crippen molar-refractivity contribution >= 4 is 22.6 Å². The zero-order chi connectivity index (χ0) is 19.8. The molecule has 0 saturated carbocycles. The zero-order valence-electron chi connectivity index (χ0n) is 16.2.